The summed E-state index contributed by atoms with van der Waals surface area (Å²) < 4.78 is 7.18. The topological polar surface area (TPSA) is 52.0 Å². The summed E-state index contributed by atoms with van der Waals surface area (Å²) >= 11 is 0. The molecular formula is C11H14N4O. The van der Waals surface area contributed by atoms with Gasteiger partial charge < -0.3 is 10.1 Å². The second-order valence-corrected chi connectivity index (χ2v) is 3.28. The fourth-order valence-electron chi connectivity index (χ4n) is 1.36. The Morgan fingerprint density at radius 1 is 1.44 bits per heavy atom. The molecule has 0 aliphatic heterocycles. The van der Waals surface area contributed by atoms with Gasteiger partial charge in [-0.25, -0.2) is 4.98 Å². The highest BCUT2D eigenvalue weighted by atomic mass is 16.5. The standard InChI is InChI=1S/C11H14N4O/c1-3-16-9-5-4-7-12-11(9)13-10-6-8-15(2)14-10/h4-8H,3H2,1-2H3,(H,12,13,14). The third-order valence-electron chi connectivity index (χ3n) is 2.03. The van der Waals surface area contributed by atoms with E-state index in [2.05, 4.69) is 15.4 Å². The molecule has 0 fully saturated rings. The maximum atomic E-state index is 5.46. The predicted molar refractivity (Wildman–Crippen MR) is 61.9 cm³/mol. The molecule has 5 nitrogen and oxygen atoms in total. The third kappa shape index (κ3) is 2.31. The number of hydrogen-bond acceptors (Lipinski definition) is 4. The van der Waals surface area contributed by atoms with E-state index in [-0.39, 0.29) is 0 Å². The highest BCUT2D eigenvalue weighted by molar-refractivity contribution is 5.58. The molecule has 0 spiro atoms. The van der Waals surface area contributed by atoms with Crippen molar-refractivity contribution in [2.24, 2.45) is 7.05 Å². The summed E-state index contributed by atoms with van der Waals surface area (Å²) in [6.07, 6.45) is 3.58. The van der Waals surface area contributed by atoms with Crippen molar-refractivity contribution in [1.82, 2.24) is 14.8 Å². The zero-order chi connectivity index (χ0) is 11.4. The summed E-state index contributed by atoms with van der Waals surface area (Å²) in [5.74, 6) is 2.17. The number of pyridine rings is 1. The SMILES string of the molecule is CCOc1cccnc1Nc1ccn(C)n1. The normalized spacial score (nSPS) is 10.1. The molecule has 2 heterocycles. The van der Waals surface area contributed by atoms with Gasteiger partial charge in [0, 0.05) is 25.5 Å². The van der Waals surface area contributed by atoms with E-state index in [1.165, 1.54) is 0 Å². The molecule has 0 amide bonds. The largest absolute Gasteiger partial charge is 0.490 e. The van der Waals surface area contributed by atoms with Crippen molar-refractivity contribution in [3.8, 4) is 5.75 Å². The molecule has 84 valence electrons. The Morgan fingerprint density at radius 3 is 3.00 bits per heavy atom. The molecular weight excluding hydrogens is 204 g/mol. The second kappa shape index (κ2) is 4.65. The van der Waals surface area contributed by atoms with Crippen LogP contribution < -0.4 is 10.1 Å². The molecule has 0 aliphatic carbocycles. The fraction of sp³-hybridized carbons (Fsp3) is 0.273. The van der Waals surface area contributed by atoms with Crippen LogP contribution in [0.3, 0.4) is 0 Å². The van der Waals surface area contributed by atoms with E-state index < -0.39 is 0 Å². The Kier molecular flexibility index (Phi) is 3.05. The first kappa shape index (κ1) is 10.5. The monoisotopic (exact) mass is 218 g/mol. The number of aryl methyl sites for hydroxylation is 1. The number of anilines is 2. The van der Waals surface area contributed by atoms with Gasteiger partial charge in [0.2, 0.25) is 0 Å². The summed E-state index contributed by atoms with van der Waals surface area (Å²) in [6.45, 7) is 2.56. The Balaban J connectivity index is 2.20. The zero-order valence-corrected chi connectivity index (χ0v) is 9.34. The quantitative estimate of drug-likeness (QED) is 0.852. The minimum absolute atomic E-state index is 0.614. The van der Waals surface area contributed by atoms with Crippen molar-refractivity contribution in [2.45, 2.75) is 6.92 Å². The number of nitrogens with one attached hydrogen (secondary N) is 1. The molecule has 0 atom stereocenters. The minimum atomic E-state index is 0.614. The zero-order valence-electron chi connectivity index (χ0n) is 9.34. The number of nitrogens with zero attached hydrogens (tertiary/aromatic N) is 3. The fourth-order valence-corrected chi connectivity index (χ4v) is 1.36. The Hall–Kier alpha value is -2.04. The van der Waals surface area contributed by atoms with Gasteiger partial charge in [-0.15, -0.1) is 0 Å². The van der Waals surface area contributed by atoms with Crippen molar-refractivity contribution >= 4 is 11.6 Å². The van der Waals surface area contributed by atoms with Crippen molar-refractivity contribution in [3.63, 3.8) is 0 Å². The lowest BCUT2D eigenvalue weighted by Gasteiger charge is -2.08. The first-order valence-corrected chi connectivity index (χ1v) is 5.14. The van der Waals surface area contributed by atoms with Crippen molar-refractivity contribution in [3.05, 3.63) is 30.6 Å². The van der Waals surface area contributed by atoms with Crippen LogP contribution in [0, 0.1) is 0 Å². The number of ether oxygens (including phenoxy) is 1. The molecule has 0 aliphatic rings. The predicted octanol–water partition coefficient (Wildman–Crippen LogP) is 1.96. The molecule has 0 saturated heterocycles. The van der Waals surface area contributed by atoms with Gasteiger partial charge in [-0.2, -0.15) is 5.10 Å². The van der Waals surface area contributed by atoms with E-state index in [0.29, 0.717) is 12.4 Å². The first-order valence-electron chi connectivity index (χ1n) is 5.14. The average molecular weight is 218 g/mol. The molecule has 0 radical (unpaired) electrons. The Bertz CT molecular complexity index is 467. The molecule has 0 aromatic carbocycles. The first-order chi connectivity index (χ1) is 7.79. The number of rotatable bonds is 4. The van der Waals surface area contributed by atoms with Crippen LogP contribution in [0.15, 0.2) is 30.6 Å². The molecule has 1 N–H and O–H groups in total. The minimum Gasteiger partial charge on any atom is -0.490 e. The lowest BCUT2D eigenvalue weighted by atomic mass is 10.4. The van der Waals surface area contributed by atoms with E-state index >= 15 is 0 Å². The lowest BCUT2D eigenvalue weighted by molar-refractivity contribution is 0.341. The van der Waals surface area contributed by atoms with Crippen LogP contribution in [0.5, 0.6) is 5.75 Å². The van der Waals surface area contributed by atoms with Crippen LogP contribution in [0.2, 0.25) is 0 Å². The summed E-state index contributed by atoms with van der Waals surface area (Å²) in [7, 11) is 1.87. The van der Waals surface area contributed by atoms with Crippen LogP contribution in [0.25, 0.3) is 0 Å². The van der Waals surface area contributed by atoms with Gasteiger partial charge in [0.1, 0.15) is 0 Å². The number of aromatic nitrogens is 3. The maximum Gasteiger partial charge on any atom is 0.174 e. The van der Waals surface area contributed by atoms with E-state index in [9.17, 15) is 0 Å². The van der Waals surface area contributed by atoms with Crippen molar-refractivity contribution in [2.75, 3.05) is 11.9 Å². The van der Waals surface area contributed by atoms with Crippen LogP contribution in [-0.4, -0.2) is 21.4 Å². The lowest BCUT2D eigenvalue weighted by Crippen LogP contribution is -2.00. The smallest absolute Gasteiger partial charge is 0.174 e. The summed E-state index contributed by atoms with van der Waals surface area (Å²) in [4.78, 5) is 4.22. The molecule has 0 bridgehead atoms. The van der Waals surface area contributed by atoms with Gasteiger partial charge >= 0.3 is 0 Å². The molecule has 2 aromatic heterocycles. The summed E-state index contributed by atoms with van der Waals surface area (Å²) in [5, 5.41) is 7.33. The van der Waals surface area contributed by atoms with Crippen LogP contribution in [0.1, 0.15) is 6.92 Å². The van der Waals surface area contributed by atoms with E-state index in [1.807, 2.05) is 38.4 Å². The maximum absolute atomic E-state index is 5.46. The molecule has 16 heavy (non-hydrogen) atoms. The van der Waals surface area contributed by atoms with E-state index in [0.717, 1.165) is 11.6 Å². The van der Waals surface area contributed by atoms with Crippen LogP contribution >= 0.6 is 0 Å². The Labute approximate surface area is 94.1 Å². The Morgan fingerprint density at radius 2 is 2.31 bits per heavy atom. The van der Waals surface area contributed by atoms with Crippen LogP contribution in [0.4, 0.5) is 11.6 Å². The molecule has 5 heteroatoms. The van der Waals surface area contributed by atoms with E-state index in [1.54, 1.807) is 10.9 Å². The van der Waals surface area contributed by atoms with Gasteiger partial charge in [-0.1, -0.05) is 0 Å². The van der Waals surface area contributed by atoms with Gasteiger partial charge in [-0.05, 0) is 19.1 Å². The molecule has 0 saturated carbocycles. The van der Waals surface area contributed by atoms with Crippen molar-refractivity contribution in [1.29, 1.82) is 0 Å². The van der Waals surface area contributed by atoms with Gasteiger partial charge in [0.05, 0.1) is 6.61 Å². The summed E-state index contributed by atoms with van der Waals surface area (Å²) in [5.41, 5.74) is 0. The number of hydrogen-bond donors (Lipinski definition) is 1. The van der Waals surface area contributed by atoms with Crippen LogP contribution in [-0.2, 0) is 7.05 Å². The molecule has 0 unspecified atom stereocenters. The van der Waals surface area contributed by atoms with Gasteiger partial charge in [0.15, 0.2) is 17.4 Å². The van der Waals surface area contributed by atoms with E-state index in [4.69, 9.17) is 4.74 Å². The summed E-state index contributed by atoms with van der Waals surface area (Å²) in [6, 6.07) is 5.60. The molecule has 2 rings (SSSR count). The van der Waals surface area contributed by atoms with Gasteiger partial charge in [-0.3, -0.25) is 4.68 Å². The highest BCUT2D eigenvalue weighted by Crippen LogP contribution is 2.23. The molecule has 2 aromatic rings. The van der Waals surface area contributed by atoms with Gasteiger partial charge in [0.25, 0.3) is 0 Å². The second-order valence-electron chi connectivity index (χ2n) is 3.28. The van der Waals surface area contributed by atoms with Crippen molar-refractivity contribution < 1.29 is 4.74 Å². The highest BCUT2D eigenvalue weighted by Gasteiger charge is 2.05. The average Bonchev–Trinajstić information content (AvgIpc) is 2.67. The third-order valence-corrected chi connectivity index (χ3v) is 2.03.